The average molecular weight is 274 g/mol. The van der Waals surface area contributed by atoms with Crippen molar-refractivity contribution in [2.45, 2.75) is 37.8 Å². The van der Waals surface area contributed by atoms with Gasteiger partial charge in [-0.1, -0.05) is 42.1 Å². The van der Waals surface area contributed by atoms with E-state index >= 15 is 0 Å². The molecule has 17 heavy (non-hydrogen) atoms. The molecule has 0 atom stereocenters. The van der Waals surface area contributed by atoms with Gasteiger partial charge in [-0.25, -0.2) is 0 Å². The molecule has 0 unspecified atom stereocenters. The quantitative estimate of drug-likeness (QED) is 0.882. The van der Waals surface area contributed by atoms with Gasteiger partial charge < -0.3 is 10.4 Å². The number of hydrogen-bond acceptors (Lipinski definition) is 2. The van der Waals surface area contributed by atoms with E-state index in [2.05, 4.69) is 5.32 Å². The van der Waals surface area contributed by atoms with Gasteiger partial charge in [0.1, 0.15) is 0 Å². The van der Waals surface area contributed by atoms with Crippen LogP contribution in [0.4, 0.5) is 0 Å². The highest BCUT2D eigenvalue weighted by atomic mass is 35.5. The molecule has 4 heteroatoms. The lowest BCUT2D eigenvalue weighted by molar-refractivity contribution is 0.163. The van der Waals surface area contributed by atoms with E-state index in [1.807, 2.05) is 18.2 Å². The summed E-state index contributed by atoms with van der Waals surface area (Å²) in [7, 11) is 0. The Balaban J connectivity index is 2.06. The Morgan fingerprint density at radius 2 is 1.76 bits per heavy atom. The third-order valence-corrected chi connectivity index (χ3v) is 4.27. The summed E-state index contributed by atoms with van der Waals surface area (Å²) < 4.78 is 0. The highest BCUT2D eigenvalue weighted by molar-refractivity contribution is 6.35. The van der Waals surface area contributed by atoms with Crippen LogP contribution in [-0.4, -0.2) is 17.3 Å². The maximum Gasteiger partial charge on any atom is 0.0613 e. The molecule has 2 N–H and O–H groups in total. The van der Waals surface area contributed by atoms with Crippen LogP contribution in [0.15, 0.2) is 18.2 Å². The SMILES string of the molecule is OCC1(NCc2c(Cl)cccc2Cl)CCCC1. The van der Waals surface area contributed by atoms with E-state index < -0.39 is 0 Å². The maximum atomic E-state index is 9.50. The molecule has 0 aromatic heterocycles. The van der Waals surface area contributed by atoms with Crippen molar-refractivity contribution in [2.75, 3.05) is 6.61 Å². The zero-order valence-electron chi connectivity index (χ0n) is 9.68. The number of hydrogen-bond donors (Lipinski definition) is 2. The van der Waals surface area contributed by atoms with Gasteiger partial charge in [-0.2, -0.15) is 0 Å². The lowest BCUT2D eigenvalue weighted by Crippen LogP contribution is -2.45. The number of halogens is 2. The van der Waals surface area contributed by atoms with E-state index in [0.29, 0.717) is 16.6 Å². The molecule has 2 rings (SSSR count). The van der Waals surface area contributed by atoms with Gasteiger partial charge in [0.05, 0.1) is 6.61 Å². The molecule has 0 spiro atoms. The van der Waals surface area contributed by atoms with Crippen LogP contribution in [0, 0.1) is 0 Å². The molecule has 94 valence electrons. The average Bonchev–Trinajstić information content (AvgIpc) is 2.78. The molecular weight excluding hydrogens is 257 g/mol. The van der Waals surface area contributed by atoms with Gasteiger partial charge in [0.15, 0.2) is 0 Å². The summed E-state index contributed by atoms with van der Waals surface area (Å²) in [6, 6.07) is 5.51. The summed E-state index contributed by atoms with van der Waals surface area (Å²) >= 11 is 12.2. The minimum Gasteiger partial charge on any atom is -0.394 e. The van der Waals surface area contributed by atoms with Crippen molar-refractivity contribution in [3.8, 4) is 0 Å². The first-order valence-electron chi connectivity index (χ1n) is 5.96. The topological polar surface area (TPSA) is 32.3 Å². The molecule has 1 aliphatic carbocycles. The van der Waals surface area contributed by atoms with Crippen molar-refractivity contribution >= 4 is 23.2 Å². The van der Waals surface area contributed by atoms with Crippen molar-refractivity contribution in [2.24, 2.45) is 0 Å². The van der Waals surface area contributed by atoms with Crippen molar-refractivity contribution in [1.82, 2.24) is 5.32 Å². The molecule has 0 saturated heterocycles. The van der Waals surface area contributed by atoms with E-state index in [-0.39, 0.29) is 12.1 Å². The lowest BCUT2D eigenvalue weighted by atomic mass is 9.98. The standard InChI is InChI=1S/C13H17Cl2NO/c14-11-4-3-5-12(15)10(11)8-16-13(9-17)6-1-2-7-13/h3-5,16-17H,1-2,6-9H2. The Kier molecular flexibility index (Phi) is 4.31. The van der Waals surface area contributed by atoms with Crippen LogP contribution >= 0.6 is 23.2 Å². The van der Waals surface area contributed by atoms with Crippen LogP contribution in [0.25, 0.3) is 0 Å². The van der Waals surface area contributed by atoms with Gasteiger partial charge in [-0.05, 0) is 25.0 Å². The van der Waals surface area contributed by atoms with Crippen molar-refractivity contribution in [1.29, 1.82) is 0 Å². The van der Waals surface area contributed by atoms with Crippen LogP contribution < -0.4 is 5.32 Å². The van der Waals surface area contributed by atoms with E-state index in [0.717, 1.165) is 18.4 Å². The van der Waals surface area contributed by atoms with E-state index in [1.165, 1.54) is 12.8 Å². The number of nitrogens with one attached hydrogen (secondary N) is 1. The molecule has 0 bridgehead atoms. The Bertz CT molecular complexity index is 369. The molecule has 1 aromatic carbocycles. The summed E-state index contributed by atoms with van der Waals surface area (Å²) in [6.07, 6.45) is 4.38. The first-order chi connectivity index (χ1) is 8.17. The van der Waals surface area contributed by atoms with Crippen molar-refractivity contribution < 1.29 is 5.11 Å². The minimum atomic E-state index is -0.136. The zero-order chi connectivity index (χ0) is 12.3. The summed E-state index contributed by atoms with van der Waals surface area (Å²) in [5.74, 6) is 0. The molecule has 1 fully saturated rings. The third kappa shape index (κ3) is 2.94. The van der Waals surface area contributed by atoms with E-state index in [4.69, 9.17) is 23.2 Å². The second-order valence-electron chi connectivity index (χ2n) is 4.70. The van der Waals surface area contributed by atoms with Crippen LogP contribution in [0.3, 0.4) is 0 Å². The van der Waals surface area contributed by atoms with Gasteiger partial charge in [-0.15, -0.1) is 0 Å². The summed E-state index contributed by atoms with van der Waals surface area (Å²) in [5, 5.41) is 14.3. The smallest absolute Gasteiger partial charge is 0.0613 e. The Hall–Kier alpha value is -0.280. The molecule has 0 heterocycles. The largest absolute Gasteiger partial charge is 0.394 e. The monoisotopic (exact) mass is 273 g/mol. The third-order valence-electron chi connectivity index (χ3n) is 3.57. The molecule has 0 radical (unpaired) electrons. The number of rotatable bonds is 4. The number of benzene rings is 1. The Morgan fingerprint density at radius 3 is 2.29 bits per heavy atom. The zero-order valence-corrected chi connectivity index (χ0v) is 11.2. The highest BCUT2D eigenvalue weighted by Gasteiger charge is 2.32. The van der Waals surface area contributed by atoms with Crippen LogP contribution in [0.2, 0.25) is 10.0 Å². The molecule has 0 amide bonds. The Morgan fingerprint density at radius 1 is 1.18 bits per heavy atom. The predicted octanol–water partition coefficient (Wildman–Crippen LogP) is 3.39. The maximum absolute atomic E-state index is 9.50. The van der Waals surface area contributed by atoms with Gasteiger partial charge in [0.25, 0.3) is 0 Å². The molecule has 2 nitrogen and oxygen atoms in total. The van der Waals surface area contributed by atoms with E-state index in [9.17, 15) is 5.11 Å². The van der Waals surface area contributed by atoms with Gasteiger partial charge in [0, 0.05) is 27.7 Å². The second-order valence-corrected chi connectivity index (χ2v) is 5.51. The van der Waals surface area contributed by atoms with Crippen molar-refractivity contribution in [3.05, 3.63) is 33.8 Å². The van der Waals surface area contributed by atoms with Gasteiger partial charge in [0.2, 0.25) is 0 Å². The van der Waals surface area contributed by atoms with Crippen molar-refractivity contribution in [3.63, 3.8) is 0 Å². The summed E-state index contributed by atoms with van der Waals surface area (Å²) in [6.45, 7) is 0.786. The van der Waals surface area contributed by atoms with E-state index in [1.54, 1.807) is 0 Å². The number of aliphatic hydroxyl groups is 1. The fourth-order valence-electron chi connectivity index (χ4n) is 2.42. The van der Waals surface area contributed by atoms with Crippen LogP contribution in [0.1, 0.15) is 31.2 Å². The van der Waals surface area contributed by atoms with Gasteiger partial charge in [-0.3, -0.25) is 0 Å². The number of aliphatic hydroxyl groups excluding tert-OH is 1. The van der Waals surface area contributed by atoms with Crippen LogP contribution in [-0.2, 0) is 6.54 Å². The van der Waals surface area contributed by atoms with Crippen LogP contribution in [0.5, 0.6) is 0 Å². The molecular formula is C13H17Cl2NO. The first-order valence-corrected chi connectivity index (χ1v) is 6.71. The molecule has 0 aliphatic heterocycles. The minimum absolute atomic E-state index is 0.136. The lowest BCUT2D eigenvalue weighted by Gasteiger charge is -2.28. The molecule has 1 saturated carbocycles. The fourth-order valence-corrected chi connectivity index (χ4v) is 2.95. The Labute approximate surface area is 112 Å². The normalized spacial score (nSPS) is 18.5. The first kappa shape index (κ1) is 13.2. The predicted molar refractivity (Wildman–Crippen MR) is 71.6 cm³/mol. The molecule has 1 aromatic rings. The summed E-state index contributed by atoms with van der Waals surface area (Å²) in [5.41, 5.74) is 0.776. The fraction of sp³-hybridized carbons (Fsp3) is 0.538. The summed E-state index contributed by atoms with van der Waals surface area (Å²) in [4.78, 5) is 0. The molecule has 1 aliphatic rings. The highest BCUT2D eigenvalue weighted by Crippen LogP contribution is 2.31. The van der Waals surface area contributed by atoms with Gasteiger partial charge >= 0.3 is 0 Å². The second kappa shape index (κ2) is 5.57.